The molecule has 4 heterocycles. The van der Waals surface area contributed by atoms with Crippen LogP contribution in [0.2, 0.25) is 0 Å². The Morgan fingerprint density at radius 3 is 2.59 bits per heavy atom. The van der Waals surface area contributed by atoms with Crippen molar-refractivity contribution in [1.82, 2.24) is 20.6 Å². The Labute approximate surface area is 257 Å². The Bertz CT molecular complexity index is 1720. The van der Waals surface area contributed by atoms with E-state index in [1.54, 1.807) is 0 Å². The molecule has 3 aliphatic heterocycles. The van der Waals surface area contributed by atoms with Gasteiger partial charge in [0.15, 0.2) is 5.84 Å². The van der Waals surface area contributed by atoms with Crippen LogP contribution < -0.4 is 15.6 Å². The summed E-state index contributed by atoms with van der Waals surface area (Å²) in [6.45, 7) is 3.93. The summed E-state index contributed by atoms with van der Waals surface area (Å²) in [5.74, 6) is 2.53. The number of morpholine rings is 1. The largest absolute Gasteiger partial charge is 0.378 e. The Morgan fingerprint density at radius 1 is 1.00 bits per heavy atom. The number of fused-ring (bicyclic) bond motifs is 1. The van der Waals surface area contributed by atoms with Crippen molar-refractivity contribution in [2.75, 3.05) is 25.2 Å². The quantitative estimate of drug-likeness (QED) is 0.417. The van der Waals surface area contributed by atoms with Gasteiger partial charge in [-0.2, -0.15) is 10.4 Å². The summed E-state index contributed by atoms with van der Waals surface area (Å²) in [6.07, 6.45) is 6.09. The highest BCUT2D eigenvalue weighted by Crippen LogP contribution is 2.43. The van der Waals surface area contributed by atoms with E-state index in [0.717, 1.165) is 64.4 Å². The maximum atomic E-state index is 14.0. The molecule has 2 saturated carbocycles. The number of amidine groups is 1. The van der Waals surface area contributed by atoms with Gasteiger partial charge in [0.1, 0.15) is 12.0 Å². The summed E-state index contributed by atoms with van der Waals surface area (Å²) in [6, 6.07) is 19.0. The first-order valence-electron chi connectivity index (χ1n) is 15.9. The predicted octanol–water partition coefficient (Wildman–Crippen LogP) is 5.03. The zero-order valence-corrected chi connectivity index (χ0v) is 25.2. The number of aromatic nitrogens is 1. The lowest BCUT2D eigenvalue weighted by Gasteiger charge is -2.40. The molecule has 9 nitrogen and oxygen atoms in total. The van der Waals surface area contributed by atoms with Crippen LogP contribution in [0.25, 0.3) is 11.1 Å². The summed E-state index contributed by atoms with van der Waals surface area (Å²) in [7, 11) is 2.00. The molecule has 2 aliphatic carbocycles. The number of benzene rings is 2. The minimum Gasteiger partial charge on any atom is -0.378 e. The summed E-state index contributed by atoms with van der Waals surface area (Å²) >= 11 is 0. The fourth-order valence-corrected chi connectivity index (χ4v) is 6.92. The highest BCUT2D eigenvalue weighted by Gasteiger charge is 2.36. The van der Waals surface area contributed by atoms with Crippen molar-refractivity contribution in [1.29, 1.82) is 5.26 Å². The number of carbonyl (C=O) groups is 1. The number of amides is 1. The molecule has 1 saturated heterocycles. The van der Waals surface area contributed by atoms with E-state index in [2.05, 4.69) is 51.1 Å². The number of ether oxygens (including phenoxy) is 1. The zero-order chi connectivity index (χ0) is 29.9. The third-order valence-electron chi connectivity index (χ3n) is 10.1. The Hall–Kier alpha value is -4.26. The molecule has 0 bridgehead atoms. The van der Waals surface area contributed by atoms with Crippen molar-refractivity contribution in [3.63, 3.8) is 0 Å². The van der Waals surface area contributed by atoms with Gasteiger partial charge < -0.3 is 15.0 Å². The number of nitriles is 1. The van der Waals surface area contributed by atoms with E-state index >= 15 is 0 Å². The number of rotatable bonds is 6. The van der Waals surface area contributed by atoms with Crippen LogP contribution in [-0.2, 0) is 11.3 Å². The lowest BCUT2D eigenvalue weighted by atomic mass is 9.79. The molecule has 2 N–H and O–H groups in total. The van der Waals surface area contributed by atoms with Crippen LogP contribution in [0.4, 0.5) is 5.82 Å². The van der Waals surface area contributed by atoms with Crippen molar-refractivity contribution >= 4 is 17.6 Å². The Balaban J connectivity index is 1.13. The fraction of sp³-hybridized carbons (Fsp3) is 0.429. The molecule has 224 valence electrons. The number of nitrogens with one attached hydrogen (secondary N) is 2. The van der Waals surface area contributed by atoms with Gasteiger partial charge in [0, 0.05) is 35.8 Å². The number of hydrogen-bond acceptors (Lipinski definition) is 8. The van der Waals surface area contributed by atoms with Gasteiger partial charge in [-0.05, 0) is 91.1 Å². The first-order valence-corrected chi connectivity index (χ1v) is 15.9. The Morgan fingerprint density at radius 2 is 1.86 bits per heavy atom. The Kier molecular flexibility index (Phi) is 6.65. The van der Waals surface area contributed by atoms with Gasteiger partial charge in [0.25, 0.3) is 5.91 Å². The van der Waals surface area contributed by atoms with Crippen LogP contribution in [0.5, 0.6) is 0 Å². The smallest absolute Gasteiger partial charge is 0.260 e. The van der Waals surface area contributed by atoms with E-state index in [4.69, 9.17) is 9.72 Å². The molecule has 8 rings (SSSR count). The van der Waals surface area contributed by atoms with Crippen molar-refractivity contribution in [3.05, 3.63) is 82.0 Å². The van der Waals surface area contributed by atoms with Crippen molar-refractivity contribution in [2.24, 2.45) is 11.0 Å². The van der Waals surface area contributed by atoms with Crippen molar-refractivity contribution in [3.8, 4) is 17.2 Å². The topological polar surface area (TPSA) is 106 Å². The van der Waals surface area contributed by atoms with Gasteiger partial charge in [-0.3, -0.25) is 15.1 Å². The molecular formula is C35H37N7O2. The molecule has 0 spiro atoms. The van der Waals surface area contributed by atoms with Gasteiger partial charge in [-0.15, -0.1) is 0 Å². The normalized spacial score (nSPS) is 24.9. The number of hydrogen-bond donors (Lipinski definition) is 2. The second kappa shape index (κ2) is 10.7. The van der Waals surface area contributed by atoms with Gasteiger partial charge in [0.05, 0.1) is 37.4 Å². The van der Waals surface area contributed by atoms with E-state index in [1.807, 2.05) is 43.1 Å². The highest BCUT2D eigenvalue weighted by molar-refractivity contribution is 6.10. The maximum Gasteiger partial charge on any atom is 0.260 e. The SMILES string of the molecule is CC1NN=C(c2cc(C#N)ccc2-c2cc(C3CC3)nc(N3Cc4ccc([C@H]5COC[C@@H](C6CCC6)N5)cc4C3=O)c2)N1C. The summed E-state index contributed by atoms with van der Waals surface area (Å²) in [5, 5.41) is 18.1. The summed E-state index contributed by atoms with van der Waals surface area (Å²) in [4.78, 5) is 22.9. The number of hydrazone groups is 1. The van der Waals surface area contributed by atoms with Gasteiger partial charge in [-0.25, -0.2) is 4.98 Å². The van der Waals surface area contributed by atoms with Crippen LogP contribution in [0.3, 0.4) is 0 Å². The van der Waals surface area contributed by atoms with E-state index in [-0.39, 0.29) is 18.1 Å². The van der Waals surface area contributed by atoms with E-state index in [0.29, 0.717) is 42.4 Å². The molecule has 2 aromatic carbocycles. The van der Waals surface area contributed by atoms with E-state index in [9.17, 15) is 10.1 Å². The highest BCUT2D eigenvalue weighted by atomic mass is 16.5. The molecule has 9 heteroatoms. The molecule has 3 fully saturated rings. The summed E-state index contributed by atoms with van der Waals surface area (Å²) < 4.78 is 6.01. The molecule has 1 aromatic heterocycles. The third kappa shape index (κ3) is 4.73. The minimum atomic E-state index is -0.0153. The van der Waals surface area contributed by atoms with Crippen LogP contribution >= 0.6 is 0 Å². The predicted molar refractivity (Wildman–Crippen MR) is 168 cm³/mol. The zero-order valence-electron chi connectivity index (χ0n) is 25.2. The number of anilines is 1. The third-order valence-corrected chi connectivity index (χ3v) is 10.1. The molecular weight excluding hydrogens is 550 g/mol. The van der Waals surface area contributed by atoms with Crippen LogP contribution in [0, 0.1) is 17.2 Å². The van der Waals surface area contributed by atoms with Gasteiger partial charge >= 0.3 is 0 Å². The monoisotopic (exact) mass is 587 g/mol. The van der Waals surface area contributed by atoms with Crippen molar-refractivity contribution < 1.29 is 9.53 Å². The number of pyridine rings is 1. The first kappa shape index (κ1) is 27.3. The van der Waals surface area contributed by atoms with Crippen LogP contribution in [0.1, 0.15) is 89.3 Å². The molecule has 1 unspecified atom stereocenters. The second-order valence-electron chi connectivity index (χ2n) is 13.0. The molecule has 44 heavy (non-hydrogen) atoms. The second-order valence-corrected chi connectivity index (χ2v) is 13.0. The minimum absolute atomic E-state index is 0.0153. The summed E-state index contributed by atoms with van der Waals surface area (Å²) in [5.41, 5.74) is 10.4. The lowest BCUT2D eigenvalue weighted by molar-refractivity contribution is 0.0122. The number of carbonyl (C=O) groups excluding carboxylic acids is 1. The van der Waals surface area contributed by atoms with E-state index < -0.39 is 0 Å². The molecule has 3 atom stereocenters. The van der Waals surface area contributed by atoms with Gasteiger partial charge in [-0.1, -0.05) is 24.6 Å². The van der Waals surface area contributed by atoms with Gasteiger partial charge in [0.2, 0.25) is 0 Å². The maximum absolute atomic E-state index is 14.0. The molecule has 5 aliphatic rings. The standard InChI is InChI=1S/C35H37N7O2/c1-20-39-40-34(41(20)2)29-12-21(16-36)6-11-27(29)26-14-30(23-7-8-23)38-33(15-26)42-17-25-10-9-24(13-28(25)35(42)43)32-19-44-18-31(37-32)22-4-3-5-22/h6,9-15,20,22-23,31-32,37,39H,3-5,7-8,17-19H2,1-2H3/t20?,31-,32+/m0/s1. The first-order chi connectivity index (χ1) is 21.5. The van der Waals surface area contributed by atoms with Crippen LogP contribution in [0.15, 0.2) is 53.6 Å². The van der Waals surface area contributed by atoms with Crippen molar-refractivity contribution in [2.45, 2.75) is 69.7 Å². The molecule has 0 radical (unpaired) electrons. The van der Waals surface area contributed by atoms with Crippen LogP contribution in [-0.4, -0.2) is 54.1 Å². The molecule has 1 amide bonds. The average Bonchev–Trinajstić information content (AvgIpc) is 3.76. The fourth-order valence-electron chi connectivity index (χ4n) is 6.92. The molecule has 3 aromatic rings. The average molecular weight is 588 g/mol. The lowest BCUT2D eigenvalue weighted by Crippen LogP contribution is -2.49. The van der Waals surface area contributed by atoms with E-state index in [1.165, 1.54) is 19.3 Å². The number of nitrogens with zero attached hydrogens (tertiary/aromatic N) is 5.